The number of hydrogen-bond donors (Lipinski definition) is 0. The molecule has 108 valence electrons. The molecule has 4 rings (SSSR count). The lowest BCUT2D eigenvalue weighted by Crippen LogP contribution is -1.84. The Hall–Kier alpha value is -2.31. The third-order valence-corrected chi connectivity index (χ3v) is 4.91. The fraction of sp³-hybridized carbons (Fsp3) is 0. The topological polar surface area (TPSA) is 0 Å². The largest absolute Gasteiger partial charge is 0.0616 e. The summed E-state index contributed by atoms with van der Waals surface area (Å²) in [5.74, 6) is 6.71. The summed E-state index contributed by atoms with van der Waals surface area (Å²) in [5, 5.41) is 4.99. The van der Waals surface area contributed by atoms with Crippen LogP contribution in [0.3, 0.4) is 0 Å². The van der Waals surface area contributed by atoms with Crippen LogP contribution in [-0.2, 0) is 0 Å². The van der Waals surface area contributed by atoms with Crippen LogP contribution < -0.4 is 0 Å². The first-order valence-corrected chi connectivity index (χ1v) is 8.58. The van der Waals surface area contributed by atoms with E-state index >= 15 is 0 Å². The third-order valence-electron chi connectivity index (χ3n) is 3.97. The van der Waals surface area contributed by atoms with Gasteiger partial charge in [-0.05, 0) is 62.3 Å². The lowest BCUT2D eigenvalue weighted by molar-refractivity contribution is 1.58. The number of rotatable bonds is 0. The van der Waals surface area contributed by atoms with Gasteiger partial charge in [0.2, 0.25) is 0 Å². The maximum absolute atomic E-state index is 3.38. The first-order valence-electron chi connectivity index (χ1n) is 7.50. The summed E-state index contributed by atoms with van der Waals surface area (Å²) < 4.78 is 1.18. The van der Waals surface area contributed by atoms with Gasteiger partial charge in [-0.25, -0.2) is 0 Å². The lowest BCUT2D eigenvalue weighted by Gasteiger charge is -2.06. The van der Waals surface area contributed by atoms with E-state index in [-0.39, 0.29) is 0 Å². The van der Waals surface area contributed by atoms with Crippen molar-refractivity contribution in [1.29, 1.82) is 0 Å². The van der Waals surface area contributed by atoms with Crippen molar-refractivity contribution < 1.29 is 0 Å². The Labute approximate surface area is 149 Å². The van der Waals surface area contributed by atoms with Crippen molar-refractivity contribution in [2.24, 2.45) is 0 Å². The first-order chi connectivity index (χ1) is 11.3. The summed E-state index contributed by atoms with van der Waals surface area (Å²) in [5.41, 5.74) is 2.16. The summed E-state index contributed by atoms with van der Waals surface area (Å²) in [6.07, 6.45) is 0. The molecular weight excluding hydrogens is 391 g/mol. The molecule has 0 aromatic heterocycles. The Balaban J connectivity index is 1.98. The molecule has 0 fully saturated rings. The van der Waals surface area contributed by atoms with Gasteiger partial charge < -0.3 is 0 Å². The van der Waals surface area contributed by atoms with Gasteiger partial charge in [0.15, 0.2) is 0 Å². The fourth-order valence-corrected chi connectivity index (χ4v) is 3.38. The molecule has 4 aromatic rings. The molecule has 0 aliphatic carbocycles. The zero-order valence-electron chi connectivity index (χ0n) is 12.4. The average molecular weight is 404 g/mol. The summed E-state index contributed by atoms with van der Waals surface area (Å²) in [6.45, 7) is 0. The van der Waals surface area contributed by atoms with Crippen LogP contribution in [0.15, 0.2) is 78.9 Å². The summed E-state index contributed by atoms with van der Waals surface area (Å²) >= 11 is 2.33. The number of hydrogen-bond acceptors (Lipinski definition) is 0. The second kappa shape index (κ2) is 6.06. The molecule has 0 radical (unpaired) electrons. The van der Waals surface area contributed by atoms with Gasteiger partial charge in [-0.15, -0.1) is 0 Å². The Bertz CT molecular complexity index is 1080. The number of halogens is 1. The van der Waals surface area contributed by atoms with Crippen molar-refractivity contribution in [3.63, 3.8) is 0 Å². The first kappa shape index (κ1) is 14.3. The maximum Gasteiger partial charge on any atom is 0.0382 e. The highest BCUT2D eigenvalue weighted by Gasteiger charge is 2.04. The van der Waals surface area contributed by atoms with Crippen LogP contribution in [-0.4, -0.2) is 0 Å². The Kier molecular flexibility index (Phi) is 3.77. The van der Waals surface area contributed by atoms with Crippen LogP contribution in [0.2, 0.25) is 0 Å². The maximum atomic E-state index is 3.38. The average Bonchev–Trinajstić information content (AvgIpc) is 2.61. The summed E-state index contributed by atoms with van der Waals surface area (Å²) in [4.78, 5) is 0. The molecule has 1 heteroatoms. The SMILES string of the molecule is Ic1ccccc1C#Cc1cc2ccccc2c2ccccc12. The van der Waals surface area contributed by atoms with Gasteiger partial charge in [0, 0.05) is 14.7 Å². The van der Waals surface area contributed by atoms with Crippen LogP contribution in [0.4, 0.5) is 0 Å². The molecule has 0 aliphatic rings. The molecule has 0 unspecified atom stereocenters. The molecule has 4 aromatic carbocycles. The highest BCUT2D eigenvalue weighted by atomic mass is 127. The summed E-state index contributed by atoms with van der Waals surface area (Å²) in [6, 6.07) is 27.4. The van der Waals surface area contributed by atoms with Crippen LogP contribution in [0.1, 0.15) is 11.1 Å². The van der Waals surface area contributed by atoms with Crippen molar-refractivity contribution >= 4 is 44.1 Å². The van der Waals surface area contributed by atoms with Crippen LogP contribution in [0.5, 0.6) is 0 Å². The van der Waals surface area contributed by atoms with E-state index in [1.165, 1.54) is 25.1 Å². The minimum Gasteiger partial charge on any atom is -0.0616 e. The van der Waals surface area contributed by atoms with Crippen molar-refractivity contribution in [3.05, 3.63) is 93.6 Å². The third kappa shape index (κ3) is 2.71. The van der Waals surface area contributed by atoms with Crippen molar-refractivity contribution in [2.45, 2.75) is 0 Å². The van der Waals surface area contributed by atoms with Gasteiger partial charge in [0.05, 0.1) is 0 Å². The molecular formula is C22H13I. The van der Waals surface area contributed by atoms with E-state index in [4.69, 9.17) is 0 Å². The quantitative estimate of drug-likeness (QED) is 0.192. The molecule has 23 heavy (non-hydrogen) atoms. The van der Waals surface area contributed by atoms with Gasteiger partial charge in [0.1, 0.15) is 0 Å². The van der Waals surface area contributed by atoms with Crippen LogP contribution >= 0.6 is 22.6 Å². The van der Waals surface area contributed by atoms with E-state index in [1.54, 1.807) is 0 Å². The fourth-order valence-electron chi connectivity index (χ4n) is 2.85. The lowest BCUT2D eigenvalue weighted by atomic mass is 9.97. The van der Waals surface area contributed by atoms with E-state index in [0.29, 0.717) is 0 Å². The minimum absolute atomic E-state index is 1.07. The number of fused-ring (bicyclic) bond motifs is 3. The molecule has 0 saturated heterocycles. The van der Waals surface area contributed by atoms with Gasteiger partial charge in [-0.2, -0.15) is 0 Å². The van der Waals surface area contributed by atoms with Crippen molar-refractivity contribution in [2.75, 3.05) is 0 Å². The minimum atomic E-state index is 1.07. The zero-order valence-corrected chi connectivity index (χ0v) is 14.5. The Morgan fingerprint density at radius 1 is 0.565 bits per heavy atom. The van der Waals surface area contributed by atoms with Gasteiger partial charge in [-0.1, -0.05) is 72.5 Å². The zero-order chi connectivity index (χ0) is 15.6. The normalized spacial score (nSPS) is 10.5. The molecule has 0 heterocycles. The molecule has 0 aliphatic heterocycles. The van der Waals surface area contributed by atoms with E-state index in [1.807, 2.05) is 12.1 Å². The molecule has 0 N–H and O–H groups in total. The second-order valence-corrected chi connectivity index (χ2v) is 6.58. The van der Waals surface area contributed by atoms with E-state index in [2.05, 4.69) is 101 Å². The van der Waals surface area contributed by atoms with Gasteiger partial charge >= 0.3 is 0 Å². The molecule has 0 spiro atoms. The Morgan fingerprint density at radius 3 is 2.00 bits per heavy atom. The van der Waals surface area contributed by atoms with E-state index in [9.17, 15) is 0 Å². The summed E-state index contributed by atoms with van der Waals surface area (Å²) in [7, 11) is 0. The number of benzene rings is 4. The monoisotopic (exact) mass is 404 g/mol. The van der Waals surface area contributed by atoms with E-state index < -0.39 is 0 Å². The molecule has 0 nitrogen and oxygen atoms in total. The van der Waals surface area contributed by atoms with Gasteiger partial charge in [-0.3, -0.25) is 0 Å². The van der Waals surface area contributed by atoms with Crippen LogP contribution in [0.25, 0.3) is 21.5 Å². The predicted octanol–water partition coefficient (Wildman–Crippen LogP) is 6.00. The highest BCUT2D eigenvalue weighted by molar-refractivity contribution is 14.1. The van der Waals surface area contributed by atoms with Crippen molar-refractivity contribution in [3.8, 4) is 11.8 Å². The standard InChI is InChI=1S/C22H13I/c23-22-12-6-2-7-16(22)13-14-18-15-17-8-1-3-9-19(17)21-11-5-4-10-20(18)21/h1-12,15H. The Morgan fingerprint density at radius 2 is 1.17 bits per heavy atom. The second-order valence-electron chi connectivity index (χ2n) is 5.42. The van der Waals surface area contributed by atoms with Crippen LogP contribution in [0, 0.1) is 15.4 Å². The highest BCUT2D eigenvalue weighted by Crippen LogP contribution is 2.28. The van der Waals surface area contributed by atoms with Gasteiger partial charge in [0.25, 0.3) is 0 Å². The molecule has 0 atom stereocenters. The predicted molar refractivity (Wildman–Crippen MR) is 107 cm³/mol. The van der Waals surface area contributed by atoms with E-state index in [0.717, 1.165) is 11.1 Å². The molecule has 0 bridgehead atoms. The molecule has 0 amide bonds. The molecule has 0 saturated carbocycles. The van der Waals surface area contributed by atoms with Crippen molar-refractivity contribution in [1.82, 2.24) is 0 Å². The smallest absolute Gasteiger partial charge is 0.0382 e.